The van der Waals surface area contributed by atoms with Crippen LogP contribution in [0, 0.1) is 0 Å². The Kier molecular flexibility index (Phi) is 8.56. The van der Waals surface area contributed by atoms with E-state index >= 15 is 0 Å². The van der Waals surface area contributed by atoms with Crippen LogP contribution < -0.4 is 5.32 Å². The lowest BCUT2D eigenvalue weighted by Gasteiger charge is -2.35. The second-order valence-electron chi connectivity index (χ2n) is 16.4. The average Bonchev–Trinajstić information content (AvgIpc) is 3.63. The second-order valence-corrected chi connectivity index (χ2v) is 16.4. The minimum Gasteiger partial charge on any atom is -0.339 e. The number of aromatic nitrogens is 1. The third kappa shape index (κ3) is 6.10. The van der Waals surface area contributed by atoms with Crippen molar-refractivity contribution >= 4 is 39.0 Å². The molecule has 2 aliphatic rings. The summed E-state index contributed by atoms with van der Waals surface area (Å²) in [4.78, 5) is 5.31. The van der Waals surface area contributed by atoms with Gasteiger partial charge >= 0.3 is 0 Å². The van der Waals surface area contributed by atoms with E-state index < -0.39 is 0 Å². The summed E-state index contributed by atoms with van der Waals surface area (Å²) in [5, 5.41) is 6.35. The molecule has 3 heteroatoms. The van der Waals surface area contributed by atoms with Crippen LogP contribution in [0.4, 0.5) is 0 Å². The van der Waals surface area contributed by atoms with Crippen molar-refractivity contribution in [2.24, 2.45) is 4.99 Å². The highest BCUT2D eigenvalue weighted by Gasteiger charge is 2.36. The summed E-state index contributed by atoms with van der Waals surface area (Å²) in [6, 6.07) is 70.3. The van der Waals surface area contributed by atoms with Crippen molar-refractivity contribution < 1.29 is 0 Å². The van der Waals surface area contributed by atoms with Gasteiger partial charge in [0.15, 0.2) is 0 Å². The van der Waals surface area contributed by atoms with E-state index in [1.54, 1.807) is 0 Å². The maximum Gasteiger partial charge on any atom is 0.138 e. The van der Waals surface area contributed by atoms with Gasteiger partial charge in [-0.15, -0.1) is 0 Å². The molecule has 286 valence electrons. The van der Waals surface area contributed by atoms with Crippen molar-refractivity contribution in [2.45, 2.75) is 25.7 Å². The molecule has 3 heterocycles. The molecule has 0 amide bonds. The number of rotatable bonds is 6. The van der Waals surface area contributed by atoms with Crippen molar-refractivity contribution in [1.29, 1.82) is 0 Å². The van der Waals surface area contributed by atoms with E-state index in [2.05, 4.69) is 230 Å². The lowest BCUT2D eigenvalue weighted by Crippen LogP contribution is -2.27. The number of nitrogens with zero attached hydrogens (tertiary/aromatic N) is 2. The number of hydrogen-bond donors (Lipinski definition) is 1. The molecule has 1 N–H and O–H groups in total. The minimum atomic E-state index is -0.244. The fourth-order valence-electron chi connectivity index (χ4n) is 9.32. The van der Waals surface area contributed by atoms with Crippen molar-refractivity contribution in [3.63, 3.8) is 0 Å². The van der Waals surface area contributed by atoms with Gasteiger partial charge in [0.25, 0.3) is 0 Å². The van der Waals surface area contributed by atoms with Gasteiger partial charge < -0.3 is 9.88 Å². The van der Waals surface area contributed by atoms with E-state index in [1.165, 1.54) is 72.0 Å². The van der Waals surface area contributed by atoms with Crippen molar-refractivity contribution in [2.75, 3.05) is 0 Å². The molecule has 3 nitrogen and oxygen atoms in total. The van der Waals surface area contributed by atoms with Crippen LogP contribution in [0.2, 0.25) is 0 Å². The van der Waals surface area contributed by atoms with E-state index in [0.717, 1.165) is 40.3 Å². The van der Waals surface area contributed by atoms with E-state index in [4.69, 9.17) is 4.99 Å². The molecule has 0 saturated carbocycles. The van der Waals surface area contributed by atoms with Gasteiger partial charge in [0, 0.05) is 27.4 Å². The summed E-state index contributed by atoms with van der Waals surface area (Å²) in [6.07, 6.45) is 5.31. The number of aliphatic imine (C=N–C) groups is 1. The molecular formula is C57H43N3. The van der Waals surface area contributed by atoms with Gasteiger partial charge in [-0.1, -0.05) is 172 Å². The summed E-state index contributed by atoms with van der Waals surface area (Å²) in [5.41, 5.74) is 18.6. The Balaban J connectivity index is 1.13. The molecule has 9 aromatic rings. The zero-order valence-corrected chi connectivity index (χ0v) is 33.7. The molecular weight excluding hydrogens is 727 g/mol. The van der Waals surface area contributed by atoms with Crippen LogP contribution >= 0.6 is 0 Å². The number of benzene rings is 8. The lowest BCUT2D eigenvalue weighted by atomic mass is 9.74. The molecule has 0 radical (unpaired) electrons. The predicted octanol–water partition coefficient (Wildman–Crippen LogP) is 14.2. The quantitative estimate of drug-likeness (QED) is 0.179. The first-order valence-electron chi connectivity index (χ1n) is 20.9. The second kappa shape index (κ2) is 14.4. The minimum absolute atomic E-state index is 0.244. The van der Waals surface area contributed by atoms with Gasteiger partial charge in [-0.2, -0.15) is 0 Å². The van der Waals surface area contributed by atoms with Crippen molar-refractivity contribution in [3.05, 3.63) is 234 Å². The summed E-state index contributed by atoms with van der Waals surface area (Å²) < 4.78 is 2.51. The van der Waals surface area contributed by atoms with Gasteiger partial charge in [-0.3, -0.25) is 0 Å². The van der Waals surface area contributed by atoms with Gasteiger partial charge in [0.2, 0.25) is 0 Å². The monoisotopic (exact) mass is 769 g/mol. The first kappa shape index (κ1) is 35.7. The number of fused-ring (bicyclic) bond motifs is 5. The molecule has 0 unspecified atom stereocenters. The third-order valence-corrected chi connectivity index (χ3v) is 12.4. The topological polar surface area (TPSA) is 29.3 Å². The fourth-order valence-corrected chi connectivity index (χ4v) is 9.32. The van der Waals surface area contributed by atoms with Crippen LogP contribution in [0.25, 0.3) is 72.3 Å². The molecule has 0 atom stereocenters. The number of para-hydroxylation sites is 1. The summed E-state index contributed by atoms with van der Waals surface area (Å²) >= 11 is 0. The van der Waals surface area contributed by atoms with Crippen molar-refractivity contribution in [1.82, 2.24) is 9.88 Å². The Hall–Kier alpha value is -7.49. The molecule has 11 rings (SSSR count). The van der Waals surface area contributed by atoms with Crippen LogP contribution in [0.5, 0.6) is 0 Å². The Morgan fingerprint density at radius 2 is 1.00 bits per heavy atom. The molecule has 0 saturated heterocycles. The van der Waals surface area contributed by atoms with E-state index in [0.29, 0.717) is 0 Å². The fraction of sp³-hybridized carbons (Fsp3) is 0.0702. The normalized spacial score (nSPS) is 15.2. The largest absolute Gasteiger partial charge is 0.339 e. The lowest BCUT2D eigenvalue weighted by molar-refractivity contribution is 0.630. The van der Waals surface area contributed by atoms with Crippen LogP contribution in [-0.4, -0.2) is 10.4 Å². The molecule has 8 aromatic carbocycles. The number of hydrogen-bond acceptors (Lipinski definition) is 2. The highest BCUT2D eigenvalue weighted by atomic mass is 15.0. The molecule has 2 aliphatic heterocycles. The molecule has 0 bridgehead atoms. The number of allylic oxidation sites excluding steroid dienone is 2. The summed E-state index contributed by atoms with van der Waals surface area (Å²) in [5.74, 6) is 0.826. The summed E-state index contributed by atoms with van der Waals surface area (Å²) in [6.45, 7) is 4.76. The average molecular weight is 770 g/mol. The van der Waals surface area contributed by atoms with E-state index in [1.807, 2.05) is 0 Å². The zero-order valence-electron chi connectivity index (χ0n) is 33.7. The standard InChI is InChI=1S/C57H43N3/c1-57(2)49-26-15-16-29-54(49)60-53-31-30-42(45-33-43(38-18-7-3-8-19-38)32-44(34-45)39-20-9-4-10-21-39)35-47(53)48-36-46(37-50(57)55(48)60)52-28-17-27-51(40-22-11-5-12-23-40)58-56(59-52)41-24-13-6-14-25-41/h3-16,18-37H,17H2,1-2H3,(H,58,59)/b51-27+,52-28?. The van der Waals surface area contributed by atoms with Crippen LogP contribution in [0.3, 0.4) is 0 Å². The van der Waals surface area contributed by atoms with Gasteiger partial charge in [0.05, 0.1) is 22.4 Å². The molecule has 1 aromatic heterocycles. The van der Waals surface area contributed by atoms with Crippen molar-refractivity contribution in [3.8, 4) is 39.1 Å². The SMILES string of the molecule is CC1(C)c2ccccc2-n2c3ccc(-c4cc(-c5ccccc5)cc(-c5ccccc5)c4)cc3c3cc(C4=CC/C=C(\c5ccccc5)N=C(c5ccccc5)N4)cc1c32. The van der Waals surface area contributed by atoms with Crippen LogP contribution in [0.15, 0.2) is 211 Å². The van der Waals surface area contributed by atoms with Gasteiger partial charge in [-0.05, 0) is 111 Å². The Bertz CT molecular complexity index is 3130. The van der Waals surface area contributed by atoms with E-state index in [9.17, 15) is 0 Å². The predicted molar refractivity (Wildman–Crippen MR) is 252 cm³/mol. The Morgan fingerprint density at radius 3 is 1.65 bits per heavy atom. The summed E-state index contributed by atoms with van der Waals surface area (Å²) in [7, 11) is 0. The van der Waals surface area contributed by atoms with Gasteiger partial charge in [-0.25, -0.2) is 4.99 Å². The first-order valence-corrected chi connectivity index (χ1v) is 20.9. The number of amidine groups is 1. The smallest absolute Gasteiger partial charge is 0.138 e. The number of nitrogens with one attached hydrogen (secondary N) is 1. The molecule has 0 aliphatic carbocycles. The molecule has 0 fully saturated rings. The third-order valence-electron chi connectivity index (χ3n) is 12.4. The Labute approximate surface area is 351 Å². The highest BCUT2D eigenvalue weighted by Crippen LogP contribution is 2.49. The maximum atomic E-state index is 5.31. The first-order chi connectivity index (χ1) is 29.5. The van der Waals surface area contributed by atoms with Crippen LogP contribution in [-0.2, 0) is 5.41 Å². The zero-order chi connectivity index (χ0) is 40.2. The van der Waals surface area contributed by atoms with Crippen LogP contribution in [0.1, 0.15) is 48.1 Å². The Morgan fingerprint density at radius 1 is 0.450 bits per heavy atom. The molecule has 0 spiro atoms. The van der Waals surface area contributed by atoms with E-state index in [-0.39, 0.29) is 5.41 Å². The highest BCUT2D eigenvalue weighted by molar-refractivity contribution is 6.14. The van der Waals surface area contributed by atoms with Gasteiger partial charge in [0.1, 0.15) is 5.84 Å². The molecule has 60 heavy (non-hydrogen) atoms. The maximum absolute atomic E-state index is 5.31.